The molecule has 0 heterocycles. The molecule has 0 amide bonds. The first kappa shape index (κ1) is 17.3. The molecular formula is C12H16ClNO4S2. The number of hydrogen-bond acceptors (Lipinski definition) is 4. The van der Waals surface area contributed by atoms with Gasteiger partial charge in [-0.2, -0.15) is 16.5 Å². The molecule has 0 aromatic heterocycles. The van der Waals surface area contributed by atoms with Gasteiger partial charge in [0.2, 0.25) is 10.0 Å². The van der Waals surface area contributed by atoms with Crippen molar-refractivity contribution in [2.75, 3.05) is 12.0 Å². The normalized spacial score (nSPS) is 13.2. The number of halogens is 1. The largest absolute Gasteiger partial charge is 0.480 e. The van der Waals surface area contributed by atoms with Crippen LogP contribution in [0.3, 0.4) is 0 Å². The Kier molecular flexibility index (Phi) is 6.32. The molecule has 2 N–H and O–H groups in total. The first-order valence-electron chi connectivity index (χ1n) is 5.78. The van der Waals surface area contributed by atoms with E-state index in [4.69, 9.17) is 16.7 Å². The van der Waals surface area contributed by atoms with Crippen molar-refractivity contribution in [1.29, 1.82) is 0 Å². The summed E-state index contributed by atoms with van der Waals surface area (Å²) in [6.45, 7) is 1.79. The molecule has 20 heavy (non-hydrogen) atoms. The van der Waals surface area contributed by atoms with Crippen LogP contribution in [0, 0.1) is 6.92 Å². The third-order valence-electron chi connectivity index (χ3n) is 2.58. The standard InChI is InChI=1S/C12H16ClNO4S2/c1-8-3-4-11(9(13)7-8)20(17,18)14-10(12(15)16)5-6-19-2/h3-4,7,10,14H,5-6H2,1-2H3,(H,15,16)/t10-/m0/s1. The second kappa shape index (κ2) is 7.31. The van der Waals surface area contributed by atoms with E-state index in [1.807, 2.05) is 6.26 Å². The van der Waals surface area contributed by atoms with Crippen LogP contribution in [-0.2, 0) is 14.8 Å². The van der Waals surface area contributed by atoms with Gasteiger partial charge >= 0.3 is 5.97 Å². The quantitative estimate of drug-likeness (QED) is 0.796. The molecule has 1 atom stereocenters. The summed E-state index contributed by atoms with van der Waals surface area (Å²) in [4.78, 5) is 11.0. The number of hydrogen-bond donors (Lipinski definition) is 2. The van der Waals surface area contributed by atoms with Crippen LogP contribution in [0.25, 0.3) is 0 Å². The number of carboxylic acids is 1. The third kappa shape index (κ3) is 4.66. The topological polar surface area (TPSA) is 83.5 Å². The molecule has 112 valence electrons. The smallest absolute Gasteiger partial charge is 0.321 e. The van der Waals surface area contributed by atoms with Gasteiger partial charge in [0, 0.05) is 0 Å². The van der Waals surface area contributed by atoms with E-state index < -0.39 is 22.0 Å². The molecule has 5 nitrogen and oxygen atoms in total. The van der Waals surface area contributed by atoms with Crippen molar-refractivity contribution in [1.82, 2.24) is 4.72 Å². The Bertz CT molecular complexity index is 589. The van der Waals surface area contributed by atoms with Gasteiger partial charge in [0.1, 0.15) is 10.9 Å². The zero-order valence-corrected chi connectivity index (χ0v) is 13.5. The Balaban J connectivity index is 3.00. The molecule has 0 saturated carbocycles. The molecule has 0 bridgehead atoms. The summed E-state index contributed by atoms with van der Waals surface area (Å²) in [7, 11) is -3.95. The second-order valence-corrected chi connectivity index (χ2v) is 7.30. The minimum atomic E-state index is -3.95. The first-order valence-corrected chi connectivity index (χ1v) is 9.03. The van der Waals surface area contributed by atoms with E-state index in [0.717, 1.165) is 5.56 Å². The minimum Gasteiger partial charge on any atom is -0.480 e. The van der Waals surface area contributed by atoms with Gasteiger partial charge in [-0.05, 0) is 43.0 Å². The van der Waals surface area contributed by atoms with Crippen molar-refractivity contribution < 1.29 is 18.3 Å². The van der Waals surface area contributed by atoms with Gasteiger partial charge in [0.05, 0.1) is 5.02 Å². The van der Waals surface area contributed by atoms with Crippen LogP contribution in [0.5, 0.6) is 0 Å². The van der Waals surface area contributed by atoms with Crippen LogP contribution >= 0.6 is 23.4 Å². The Labute approximate surface area is 127 Å². The fourth-order valence-electron chi connectivity index (χ4n) is 1.54. The summed E-state index contributed by atoms with van der Waals surface area (Å²) in [5.74, 6) is -0.660. The lowest BCUT2D eigenvalue weighted by molar-refractivity contribution is -0.139. The van der Waals surface area contributed by atoms with Gasteiger partial charge in [-0.1, -0.05) is 17.7 Å². The van der Waals surface area contributed by atoms with Crippen LogP contribution in [0.1, 0.15) is 12.0 Å². The molecule has 1 aromatic rings. The molecule has 0 aliphatic heterocycles. The molecular weight excluding hydrogens is 322 g/mol. The molecule has 1 rings (SSSR count). The lowest BCUT2D eigenvalue weighted by atomic mass is 10.2. The average molecular weight is 338 g/mol. The fraction of sp³-hybridized carbons (Fsp3) is 0.417. The maximum Gasteiger partial charge on any atom is 0.321 e. The number of rotatable bonds is 7. The first-order chi connectivity index (χ1) is 9.27. The highest BCUT2D eigenvalue weighted by atomic mass is 35.5. The second-order valence-electron chi connectivity index (χ2n) is 4.23. The van der Waals surface area contributed by atoms with E-state index in [-0.39, 0.29) is 16.3 Å². The van der Waals surface area contributed by atoms with Crippen molar-refractivity contribution in [3.63, 3.8) is 0 Å². The monoisotopic (exact) mass is 337 g/mol. The number of aryl methyl sites for hydroxylation is 1. The SMILES string of the molecule is CSCC[C@H](NS(=O)(=O)c1ccc(C)cc1Cl)C(=O)O. The van der Waals surface area contributed by atoms with Crippen molar-refractivity contribution in [3.05, 3.63) is 28.8 Å². The summed E-state index contributed by atoms with van der Waals surface area (Å²) in [6, 6.07) is 3.34. The molecule has 0 spiro atoms. The maximum atomic E-state index is 12.2. The molecule has 0 radical (unpaired) electrons. The van der Waals surface area contributed by atoms with Crippen molar-refractivity contribution in [2.24, 2.45) is 0 Å². The van der Waals surface area contributed by atoms with E-state index in [0.29, 0.717) is 5.75 Å². The van der Waals surface area contributed by atoms with Gasteiger partial charge in [-0.25, -0.2) is 8.42 Å². The zero-order chi connectivity index (χ0) is 15.3. The maximum absolute atomic E-state index is 12.2. The van der Waals surface area contributed by atoms with Gasteiger partial charge in [-0.15, -0.1) is 0 Å². The Morgan fingerprint density at radius 3 is 2.65 bits per heavy atom. The van der Waals surface area contributed by atoms with E-state index in [1.165, 1.54) is 23.9 Å². The molecule has 0 fully saturated rings. The number of nitrogens with one attached hydrogen (secondary N) is 1. The van der Waals surface area contributed by atoms with Gasteiger partial charge in [0.15, 0.2) is 0 Å². The zero-order valence-electron chi connectivity index (χ0n) is 11.1. The lowest BCUT2D eigenvalue weighted by Gasteiger charge is -2.15. The highest BCUT2D eigenvalue weighted by Gasteiger charge is 2.26. The predicted molar refractivity (Wildman–Crippen MR) is 80.9 cm³/mol. The number of aliphatic carboxylic acids is 1. The van der Waals surface area contributed by atoms with E-state index in [2.05, 4.69) is 4.72 Å². The number of sulfonamides is 1. The summed E-state index contributed by atoms with van der Waals surface area (Å²) in [5.41, 5.74) is 0.825. The van der Waals surface area contributed by atoms with Gasteiger partial charge < -0.3 is 5.11 Å². The fourth-order valence-corrected chi connectivity index (χ4v) is 3.84. The van der Waals surface area contributed by atoms with Crippen LogP contribution in [0.15, 0.2) is 23.1 Å². The highest BCUT2D eigenvalue weighted by Crippen LogP contribution is 2.22. The van der Waals surface area contributed by atoms with Crippen LogP contribution < -0.4 is 4.72 Å². The summed E-state index contributed by atoms with van der Waals surface area (Å²) in [5, 5.41) is 9.13. The predicted octanol–water partition coefficient (Wildman–Crippen LogP) is 2.13. The number of benzene rings is 1. The number of carboxylic acid groups (broad SMARTS) is 1. The molecule has 0 unspecified atom stereocenters. The lowest BCUT2D eigenvalue weighted by Crippen LogP contribution is -2.41. The van der Waals surface area contributed by atoms with Crippen LogP contribution in [0.4, 0.5) is 0 Å². The van der Waals surface area contributed by atoms with E-state index >= 15 is 0 Å². The molecule has 1 aromatic carbocycles. The van der Waals surface area contributed by atoms with E-state index in [1.54, 1.807) is 13.0 Å². The molecule has 8 heteroatoms. The summed E-state index contributed by atoms with van der Waals surface area (Å²) >= 11 is 7.36. The van der Waals surface area contributed by atoms with Crippen molar-refractivity contribution in [2.45, 2.75) is 24.3 Å². The Morgan fingerprint density at radius 1 is 1.50 bits per heavy atom. The Hall–Kier alpha value is -0.760. The number of thioether (sulfide) groups is 1. The summed E-state index contributed by atoms with van der Waals surface area (Å²) in [6.07, 6.45) is 2.03. The third-order valence-corrected chi connectivity index (χ3v) is 5.18. The summed E-state index contributed by atoms with van der Waals surface area (Å²) < 4.78 is 26.5. The van der Waals surface area contributed by atoms with Crippen LogP contribution in [-0.4, -0.2) is 37.5 Å². The minimum absolute atomic E-state index is 0.0755. The molecule has 0 aliphatic rings. The van der Waals surface area contributed by atoms with Crippen molar-refractivity contribution in [3.8, 4) is 0 Å². The number of carbonyl (C=O) groups is 1. The molecule has 0 saturated heterocycles. The van der Waals surface area contributed by atoms with Gasteiger partial charge in [0.25, 0.3) is 0 Å². The van der Waals surface area contributed by atoms with E-state index in [9.17, 15) is 13.2 Å². The average Bonchev–Trinajstić information content (AvgIpc) is 2.33. The van der Waals surface area contributed by atoms with Crippen LogP contribution in [0.2, 0.25) is 5.02 Å². The van der Waals surface area contributed by atoms with Gasteiger partial charge in [-0.3, -0.25) is 4.79 Å². The van der Waals surface area contributed by atoms with Crippen molar-refractivity contribution >= 4 is 39.4 Å². The Morgan fingerprint density at radius 2 is 2.15 bits per heavy atom. The highest BCUT2D eigenvalue weighted by molar-refractivity contribution is 7.98. The molecule has 0 aliphatic carbocycles.